The third-order valence-corrected chi connectivity index (χ3v) is 3.09. The molecule has 2 amide bonds. The van der Waals surface area contributed by atoms with E-state index in [1.165, 1.54) is 0 Å². The summed E-state index contributed by atoms with van der Waals surface area (Å²) in [4.78, 5) is 34.5. The lowest BCUT2D eigenvalue weighted by molar-refractivity contribution is -0.148. The van der Waals surface area contributed by atoms with Gasteiger partial charge in [0.15, 0.2) is 0 Å². The van der Waals surface area contributed by atoms with Gasteiger partial charge in [0.1, 0.15) is 5.54 Å². The number of carbonyl (C=O) groups excluding carboxylic acids is 2. The van der Waals surface area contributed by atoms with E-state index in [0.717, 1.165) is 0 Å². The average molecular weight is 272 g/mol. The molecule has 6 nitrogen and oxygen atoms in total. The average Bonchev–Trinajstić information content (AvgIpc) is 2.31. The highest BCUT2D eigenvalue weighted by Gasteiger charge is 2.36. The van der Waals surface area contributed by atoms with Gasteiger partial charge in [0.25, 0.3) is 0 Å². The molecule has 0 fully saturated rings. The van der Waals surface area contributed by atoms with Crippen molar-refractivity contribution in [2.45, 2.75) is 53.0 Å². The first-order valence-electron chi connectivity index (χ1n) is 6.41. The normalized spacial score (nSPS) is 11.8. The molecule has 0 aliphatic carbocycles. The molecule has 0 aromatic carbocycles. The van der Waals surface area contributed by atoms with E-state index in [1.54, 1.807) is 34.6 Å². The van der Waals surface area contributed by atoms with Gasteiger partial charge in [0, 0.05) is 5.41 Å². The van der Waals surface area contributed by atoms with Crippen LogP contribution in [0.1, 0.15) is 47.5 Å². The van der Waals surface area contributed by atoms with E-state index in [0.29, 0.717) is 0 Å². The molecule has 3 N–H and O–H groups in total. The number of carboxylic acid groups (broad SMARTS) is 1. The molecule has 0 unspecified atom stereocenters. The number of carboxylic acids is 1. The predicted molar refractivity (Wildman–Crippen MR) is 71.6 cm³/mol. The van der Waals surface area contributed by atoms with Crippen LogP contribution in [0, 0.1) is 5.41 Å². The Hall–Kier alpha value is -1.59. The first kappa shape index (κ1) is 17.4. The van der Waals surface area contributed by atoms with Gasteiger partial charge in [-0.2, -0.15) is 0 Å². The van der Waals surface area contributed by atoms with E-state index in [4.69, 9.17) is 0 Å². The molecule has 6 heteroatoms. The highest BCUT2D eigenvalue weighted by atomic mass is 16.4. The molecule has 0 saturated carbocycles. The molecule has 0 bridgehead atoms. The van der Waals surface area contributed by atoms with Crippen molar-refractivity contribution in [3.63, 3.8) is 0 Å². The van der Waals surface area contributed by atoms with Gasteiger partial charge in [-0.3, -0.25) is 9.59 Å². The van der Waals surface area contributed by atoms with Crippen molar-refractivity contribution < 1.29 is 19.5 Å². The summed E-state index contributed by atoms with van der Waals surface area (Å²) in [5.41, 5.74) is -1.84. The molecule has 0 radical (unpaired) electrons. The fourth-order valence-corrected chi connectivity index (χ4v) is 1.52. The van der Waals surface area contributed by atoms with Crippen molar-refractivity contribution in [2.24, 2.45) is 5.41 Å². The van der Waals surface area contributed by atoms with Crippen LogP contribution in [0.5, 0.6) is 0 Å². The lowest BCUT2D eigenvalue weighted by Crippen LogP contribution is -2.56. The summed E-state index contributed by atoms with van der Waals surface area (Å²) in [6.45, 7) is 8.39. The van der Waals surface area contributed by atoms with Crippen molar-refractivity contribution in [3.8, 4) is 0 Å². The van der Waals surface area contributed by atoms with Gasteiger partial charge in [-0.25, -0.2) is 4.79 Å². The van der Waals surface area contributed by atoms with Crippen molar-refractivity contribution >= 4 is 17.8 Å². The Kier molecular flexibility index (Phi) is 5.99. The van der Waals surface area contributed by atoms with Gasteiger partial charge in [-0.15, -0.1) is 0 Å². The largest absolute Gasteiger partial charge is 0.480 e. The number of hydrogen-bond donors (Lipinski definition) is 3. The third kappa shape index (κ3) is 4.89. The summed E-state index contributed by atoms with van der Waals surface area (Å²) in [6.07, 6.45) is 0.579. The molecule has 19 heavy (non-hydrogen) atoms. The van der Waals surface area contributed by atoms with Crippen LogP contribution < -0.4 is 10.6 Å². The van der Waals surface area contributed by atoms with Crippen LogP contribution in [0.2, 0.25) is 0 Å². The Bertz CT molecular complexity index is 354. The highest BCUT2D eigenvalue weighted by molar-refractivity contribution is 5.90. The monoisotopic (exact) mass is 272 g/mol. The fourth-order valence-electron chi connectivity index (χ4n) is 1.52. The van der Waals surface area contributed by atoms with Crippen LogP contribution in [0.25, 0.3) is 0 Å². The summed E-state index contributed by atoms with van der Waals surface area (Å²) in [7, 11) is 0. The molecule has 0 saturated heterocycles. The van der Waals surface area contributed by atoms with Crippen LogP contribution >= 0.6 is 0 Å². The predicted octanol–water partition coefficient (Wildman–Crippen LogP) is 0.908. The van der Waals surface area contributed by atoms with E-state index in [1.807, 2.05) is 0 Å². The number of amides is 2. The summed E-state index contributed by atoms with van der Waals surface area (Å²) in [5, 5.41) is 14.1. The molecule has 0 atom stereocenters. The van der Waals surface area contributed by atoms with Gasteiger partial charge in [0.05, 0.1) is 6.54 Å². The smallest absolute Gasteiger partial charge is 0.329 e. The number of aliphatic carboxylic acids is 1. The Morgan fingerprint density at radius 3 is 1.84 bits per heavy atom. The fraction of sp³-hybridized carbons (Fsp3) is 0.769. The van der Waals surface area contributed by atoms with Crippen LogP contribution in [0.4, 0.5) is 0 Å². The molecule has 0 aliphatic rings. The Balaban J connectivity index is 4.54. The molecular formula is C13H24N2O4. The summed E-state index contributed by atoms with van der Waals surface area (Å²) < 4.78 is 0. The zero-order valence-electron chi connectivity index (χ0n) is 12.3. The van der Waals surface area contributed by atoms with Crippen LogP contribution in [-0.2, 0) is 14.4 Å². The minimum absolute atomic E-state index is 0.217. The maximum absolute atomic E-state index is 11.7. The summed E-state index contributed by atoms with van der Waals surface area (Å²) in [5.74, 6) is -1.81. The third-order valence-electron chi connectivity index (χ3n) is 3.09. The number of rotatable bonds is 6. The Labute approximate surface area is 113 Å². The van der Waals surface area contributed by atoms with Gasteiger partial charge in [-0.05, 0) is 12.8 Å². The second kappa shape index (κ2) is 6.54. The molecule has 0 rings (SSSR count). The van der Waals surface area contributed by atoms with Crippen molar-refractivity contribution in [1.29, 1.82) is 0 Å². The van der Waals surface area contributed by atoms with Gasteiger partial charge >= 0.3 is 5.97 Å². The van der Waals surface area contributed by atoms with Crippen molar-refractivity contribution in [2.75, 3.05) is 6.54 Å². The SMILES string of the molecule is CCC(CC)(NC(=O)CNC(=O)C(C)(C)C)C(=O)O. The van der Waals surface area contributed by atoms with Gasteiger partial charge in [-0.1, -0.05) is 34.6 Å². The maximum atomic E-state index is 11.7. The molecular weight excluding hydrogens is 248 g/mol. The molecule has 0 aliphatic heterocycles. The van der Waals surface area contributed by atoms with Crippen LogP contribution in [0.3, 0.4) is 0 Å². The Morgan fingerprint density at radius 2 is 1.53 bits per heavy atom. The van der Waals surface area contributed by atoms with Crippen molar-refractivity contribution in [3.05, 3.63) is 0 Å². The number of nitrogens with one attached hydrogen (secondary N) is 2. The Morgan fingerprint density at radius 1 is 1.05 bits per heavy atom. The van der Waals surface area contributed by atoms with Crippen molar-refractivity contribution in [1.82, 2.24) is 10.6 Å². The van der Waals surface area contributed by atoms with E-state index in [-0.39, 0.29) is 25.3 Å². The van der Waals surface area contributed by atoms with E-state index in [2.05, 4.69) is 10.6 Å². The molecule has 110 valence electrons. The number of hydrogen-bond acceptors (Lipinski definition) is 3. The second-order valence-electron chi connectivity index (χ2n) is 5.58. The molecule has 0 heterocycles. The maximum Gasteiger partial charge on any atom is 0.329 e. The quantitative estimate of drug-likeness (QED) is 0.669. The first-order chi connectivity index (χ1) is 8.59. The number of carbonyl (C=O) groups is 3. The second-order valence-corrected chi connectivity index (χ2v) is 5.58. The molecule has 0 spiro atoms. The van der Waals surface area contributed by atoms with Crippen LogP contribution in [0.15, 0.2) is 0 Å². The highest BCUT2D eigenvalue weighted by Crippen LogP contribution is 2.15. The summed E-state index contributed by atoms with van der Waals surface area (Å²) >= 11 is 0. The zero-order valence-corrected chi connectivity index (χ0v) is 12.3. The van der Waals surface area contributed by atoms with Gasteiger partial charge in [0.2, 0.25) is 11.8 Å². The standard InChI is InChI=1S/C13H24N2O4/c1-6-13(7-2,11(18)19)15-9(16)8-14-10(17)12(3,4)5/h6-8H2,1-5H3,(H,14,17)(H,15,16)(H,18,19). The topological polar surface area (TPSA) is 95.5 Å². The molecule has 0 aromatic heterocycles. The molecule has 0 aromatic rings. The van der Waals surface area contributed by atoms with E-state index in [9.17, 15) is 19.5 Å². The minimum atomic E-state index is -1.26. The van der Waals surface area contributed by atoms with Crippen LogP contribution in [-0.4, -0.2) is 35.0 Å². The van der Waals surface area contributed by atoms with E-state index < -0.39 is 22.8 Å². The summed E-state index contributed by atoms with van der Waals surface area (Å²) in [6, 6.07) is 0. The zero-order chi connectivity index (χ0) is 15.3. The lowest BCUT2D eigenvalue weighted by atomic mass is 9.93. The first-order valence-corrected chi connectivity index (χ1v) is 6.41. The van der Waals surface area contributed by atoms with Gasteiger partial charge < -0.3 is 15.7 Å². The minimum Gasteiger partial charge on any atom is -0.480 e. The lowest BCUT2D eigenvalue weighted by Gasteiger charge is -2.28. The van der Waals surface area contributed by atoms with E-state index >= 15 is 0 Å².